The van der Waals surface area contributed by atoms with Crippen molar-refractivity contribution < 1.29 is 9.45 Å². The normalized spacial score (nSPS) is 9.09. The second-order valence-corrected chi connectivity index (χ2v) is 2.11. The van der Waals surface area contributed by atoms with Gasteiger partial charge in [0.15, 0.2) is 0 Å². The Hall–Kier alpha value is -1.45. The average molecular weight is 149 g/mol. The Kier molecular flexibility index (Phi) is 2.16. The Morgan fingerprint density at radius 2 is 1.91 bits per heavy atom. The lowest BCUT2D eigenvalue weighted by molar-refractivity contribution is 0.0749. The Labute approximate surface area is 65.6 Å². The summed E-state index contributed by atoms with van der Waals surface area (Å²) in [5.41, 5.74) is 6.57. The number of benzene rings is 1. The van der Waals surface area contributed by atoms with Crippen LogP contribution >= 0.6 is 0 Å². The first-order valence-corrected chi connectivity index (χ1v) is 3.18. The lowest BCUT2D eigenvalue weighted by atomic mass is 10.2. The van der Waals surface area contributed by atoms with Crippen LogP contribution in [0.3, 0.4) is 0 Å². The van der Waals surface area contributed by atoms with Crippen molar-refractivity contribution in [2.24, 2.45) is 0 Å². The van der Waals surface area contributed by atoms with Crippen LogP contribution in [0.1, 0.15) is 10.4 Å². The summed E-state index contributed by atoms with van der Waals surface area (Å²) in [6.45, 7) is 0. The molecular weight excluding hydrogens is 141 g/mol. The van der Waals surface area contributed by atoms with Crippen LogP contribution < -0.4 is 5.73 Å². The highest BCUT2D eigenvalue weighted by molar-refractivity contribution is 6.09. The number of carbonyl (C=O) groups is 1. The van der Waals surface area contributed by atoms with Gasteiger partial charge in [-0.05, 0) is 24.3 Å². The first-order valence-electron chi connectivity index (χ1n) is 3.18. The van der Waals surface area contributed by atoms with Crippen molar-refractivity contribution in [3.8, 4) is 0 Å². The molecule has 0 saturated carbocycles. The van der Waals surface area contributed by atoms with Crippen LogP contribution in [-0.2, 0) is 4.65 Å². The van der Waals surface area contributed by atoms with E-state index in [0.29, 0.717) is 11.3 Å². The maximum Gasteiger partial charge on any atom is 0.326 e. The van der Waals surface area contributed by atoms with E-state index in [0.717, 1.165) is 0 Å². The van der Waals surface area contributed by atoms with E-state index in [1.807, 2.05) is 0 Å². The topological polar surface area (TPSA) is 52.3 Å². The summed E-state index contributed by atoms with van der Waals surface area (Å²) in [6.07, 6.45) is 0. The van der Waals surface area contributed by atoms with Gasteiger partial charge in [-0.3, -0.25) is 0 Å². The second-order valence-electron chi connectivity index (χ2n) is 2.11. The fourth-order valence-corrected chi connectivity index (χ4v) is 0.737. The molecular formula is C7H8BNO2. The molecule has 1 aromatic rings. The zero-order chi connectivity index (χ0) is 8.27. The van der Waals surface area contributed by atoms with E-state index in [2.05, 4.69) is 4.65 Å². The molecule has 0 fully saturated rings. The van der Waals surface area contributed by atoms with Crippen LogP contribution in [0.25, 0.3) is 0 Å². The monoisotopic (exact) mass is 149 g/mol. The molecule has 1 aromatic carbocycles. The molecule has 0 heterocycles. The van der Waals surface area contributed by atoms with Gasteiger partial charge < -0.3 is 10.4 Å². The van der Waals surface area contributed by atoms with Crippen molar-refractivity contribution >= 4 is 19.7 Å². The maximum absolute atomic E-state index is 10.9. The van der Waals surface area contributed by atoms with E-state index in [1.165, 1.54) is 8.05 Å². The van der Waals surface area contributed by atoms with Crippen LogP contribution in [0.4, 0.5) is 5.69 Å². The van der Waals surface area contributed by atoms with Gasteiger partial charge in [0.05, 0.1) is 5.56 Å². The van der Waals surface area contributed by atoms with Crippen molar-refractivity contribution in [1.82, 2.24) is 0 Å². The number of hydrogen-bond acceptors (Lipinski definition) is 3. The van der Waals surface area contributed by atoms with E-state index < -0.39 is 0 Å². The zero-order valence-corrected chi connectivity index (χ0v) is 6.20. The molecule has 1 rings (SSSR count). The summed E-state index contributed by atoms with van der Waals surface area (Å²) in [4.78, 5) is 10.9. The minimum absolute atomic E-state index is 0.343. The first-order chi connectivity index (χ1) is 5.24. The number of rotatable bonds is 1. The third-order valence-electron chi connectivity index (χ3n) is 1.33. The fraction of sp³-hybridized carbons (Fsp3) is 0. The molecule has 11 heavy (non-hydrogen) atoms. The molecule has 0 amide bonds. The molecule has 0 radical (unpaired) electrons. The first kappa shape index (κ1) is 7.66. The molecule has 3 nitrogen and oxygen atoms in total. The number of nitrogens with two attached hydrogens (primary N) is 1. The molecule has 4 heteroatoms. The Morgan fingerprint density at radius 3 is 2.36 bits per heavy atom. The van der Waals surface area contributed by atoms with Crippen LogP contribution in [0.2, 0.25) is 0 Å². The zero-order valence-electron chi connectivity index (χ0n) is 6.20. The van der Waals surface area contributed by atoms with Crippen molar-refractivity contribution in [3.63, 3.8) is 0 Å². The molecule has 56 valence electrons. The number of carbonyl (C=O) groups excluding carboxylic acids is 1. The maximum atomic E-state index is 10.9. The van der Waals surface area contributed by atoms with Gasteiger partial charge in [-0.2, -0.15) is 0 Å². The molecule has 0 aliphatic carbocycles. The molecule has 0 spiro atoms. The summed E-state index contributed by atoms with van der Waals surface area (Å²) in [7, 11) is 1.35. The smallest absolute Gasteiger partial charge is 0.326 e. The quantitative estimate of drug-likeness (QED) is 0.450. The molecule has 0 atom stereocenters. The van der Waals surface area contributed by atoms with Gasteiger partial charge >= 0.3 is 14.0 Å². The third kappa shape index (κ3) is 1.74. The van der Waals surface area contributed by atoms with Crippen molar-refractivity contribution in [3.05, 3.63) is 29.8 Å². The lowest BCUT2D eigenvalue weighted by Gasteiger charge is -1.98. The van der Waals surface area contributed by atoms with E-state index in [4.69, 9.17) is 5.73 Å². The average Bonchev–Trinajstić information content (AvgIpc) is 2.05. The number of hydrogen-bond donors (Lipinski definition) is 1. The van der Waals surface area contributed by atoms with E-state index in [9.17, 15) is 4.79 Å². The highest BCUT2D eigenvalue weighted by atomic mass is 16.5. The summed E-state index contributed by atoms with van der Waals surface area (Å²) in [5, 5.41) is 0. The third-order valence-corrected chi connectivity index (χ3v) is 1.33. The molecule has 0 aliphatic heterocycles. The van der Waals surface area contributed by atoms with Crippen LogP contribution in [0.15, 0.2) is 24.3 Å². The van der Waals surface area contributed by atoms with Gasteiger partial charge in [-0.15, -0.1) is 0 Å². The SMILES string of the molecule is BOC(=O)c1ccc(N)cc1. The Morgan fingerprint density at radius 1 is 1.36 bits per heavy atom. The molecule has 0 bridgehead atoms. The van der Waals surface area contributed by atoms with Crippen LogP contribution in [0.5, 0.6) is 0 Å². The molecule has 2 N–H and O–H groups in total. The van der Waals surface area contributed by atoms with E-state index >= 15 is 0 Å². The summed E-state index contributed by atoms with van der Waals surface area (Å²) in [6, 6.07) is 6.57. The molecule has 0 saturated heterocycles. The van der Waals surface area contributed by atoms with Gasteiger partial charge in [0, 0.05) is 5.69 Å². The van der Waals surface area contributed by atoms with Crippen molar-refractivity contribution in [1.29, 1.82) is 0 Å². The highest BCUT2D eigenvalue weighted by Gasteiger charge is 2.01. The van der Waals surface area contributed by atoms with E-state index in [-0.39, 0.29) is 5.97 Å². The Balaban J connectivity index is 2.90. The standard InChI is InChI=1S/C7H8BNO2/c8-11-7(10)5-1-3-6(9)4-2-5/h1-4H,8-9H2. The minimum atomic E-state index is -0.343. The van der Waals surface area contributed by atoms with Gasteiger partial charge in [-0.1, -0.05) is 0 Å². The van der Waals surface area contributed by atoms with Crippen LogP contribution in [0, 0.1) is 0 Å². The summed E-state index contributed by atoms with van der Waals surface area (Å²) < 4.78 is 4.50. The summed E-state index contributed by atoms with van der Waals surface area (Å²) in [5.74, 6) is -0.343. The largest absolute Gasteiger partial charge is 0.540 e. The predicted octanol–water partition coefficient (Wildman–Crippen LogP) is -0.0263. The van der Waals surface area contributed by atoms with Gasteiger partial charge in [0.1, 0.15) is 0 Å². The minimum Gasteiger partial charge on any atom is -0.540 e. The van der Waals surface area contributed by atoms with Gasteiger partial charge in [0.25, 0.3) is 0 Å². The van der Waals surface area contributed by atoms with Gasteiger partial charge in [0.2, 0.25) is 0 Å². The van der Waals surface area contributed by atoms with Crippen LogP contribution in [-0.4, -0.2) is 14.0 Å². The Bertz CT molecular complexity index is 258. The highest BCUT2D eigenvalue weighted by Crippen LogP contribution is 2.05. The number of nitrogen functional groups attached to an aromatic ring is 1. The lowest BCUT2D eigenvalue weighted by Crippen LogP contribution is -2.01. The van der Waals surface area contributed by atoms with E-state index in [1.54, 1.807) is 24.3 Å². The van der Waals surface area contributed by atoms with Gasteiger partial charge in [-0.25, -0.2) is 4.79 Å². The molecule has 0 aromatic heterocycles. The summed E-state index contributed by atoms with van der Waals surface area (Å²) >= 11 is 0. The predicted molar refractivity (Wildman–Crippen MR) is 44.8 cm³/mol. The fourth-order valence-electron chi connectivity index (χ4n) is 0.737. The molecule has 0 aliphatic rings. The van der Waals surface area contributed by atoms with Crippen molar-refractivity contribution in [2.45, 2.75) is 0 Å². The number of anilines is 1. The second kappa shape index (κ2) is 3.10. The van der Waals surface area contributed by atoms with Crippen molar-refractivity contribution in [2.75, 3.05) is 5.73 Å². The molecule has 0 unspecified atom stereocenters.